The number of rotatable bonds is 5. The molecular formula is C16H15NO2S. The molecule has 0 atom stereocenters. The van der Waals surface area contributed by atoms with E-state index < -0.39 is 0 Å². The molecule has 0 fully saturated rings. The minimum Gasteiger partial charge on any atom is -0.497 e. The maximum absolute atomic E-state index is 11.8. The van der Waals surface area contributed by atoms with Gasteiger partial charge in [-0.2, -0.15) is 0 Å². The molecule has 4 heteroatoms. The quantitative estimate of drug-likeness (QED) is 0.668. The molecule has 0 unspecified atom stereocenters. The number of carbonyl (C=O) groups is 1. The van der Waals surface area contributed by atoms with Crippen LogP contribution in [0.1, 0.15) is 0 Å². The average molecular weight is 285 g/mol. The van der Waals surface area contributed by atoms with Crippen LogP contribution in [0, 0.1) is 0 Å². The van der Waals surface area contributed by atoms with Gasteiger partial charge < -0.3 is 10.1 Å². The van der Waals surface area contributed by atoms with Crippen molar-refractivity contribution in [3.05, 3.63) is 66.1 Å². The fourth-order valence-electron chi connectivity index (χ4n) is 1.56. The monoisotopic (exact) mass is 285 g/mol. The summed E-state index contributed by atoms with van der Waals surface area (Å²) in [4.78, 5) is 12.8. The molecule has 0 heterocycles. The molecule has 1 N–H and O–H groups in total. The Kier molecular flexibility index (Phi) is 5.26. The Hall–Kier alpha value is -2.20. The molecule has 1 amide bonds. The van der Waals surface area contributed by atoms with E-state index in [0.717, 1.165) is 4.90 Å². The molecule has 20 heavy (non-hydrogen) atoms. The molecule has 0 aromatic heterocycles. The Morgan fingerprint density at radius 3 is 2.70 bits per heavy atom. The minimum atomic E-state index is -0.165. The summed E-state index contributed by atoms with van der Waals surface area (Å²) in [6.07, 6.45) is 1.51. The third-order valence-corrected chi connectivity index (χ3v) is 3.32. The summed E-state index contributed by atoms with van der Waals surface area (Å²) in [5, 5.41) is 4.55. The van der Waals surface area contributed by atoms with Crippen LogP contribution in [0.25, 0.3) is 0 Å². The third kappa shape index (κ3) is 4.48. The zero-order chi connectivity index (χ0) is 14.2. The van der Waals surface area contributed by atoms with Gasteiger partial charge in [0.1, 0.15) is 5.75 Å². The second-order valence-electron chi connectivity index (χ2n) is 3.95. The van der Waals surface area contributed by atoms with Crippen LogP contribution in [0.15, 0.2) is 71.0 Å². The van der Waals surface area contributed by atoms with Crippen molar-refractivity contribution < 1.29 is 9.53 Å². The predicted molar refractivity (Wildman–Crippen MR) is 83.1 cm³/mol. The first-order chi connectivity index (χ1) is 9.78. The van der Waals surface area contributed by atoms with Crippen LogP contribution in [0.2, 0.25) is 0 Å². The van der Waals surface area contributed by atoms with Gasteiger partial charge in [0.25, 0.3) is 0 Å². The SMILES string of the molecule is COc1cccc(NC(=O)C=CSc2ccccc2)c1. The largest absolute Gasteiger partial charge is 0.497 e. The summed E-state index contributed by atoms with van der Waals surface area (Å²) in [6, 6.07) is 17.1. The van der Waals surface area contributed by atoms with Crippen LogP contribution in [-0.4, -0.2) is 13.0 Å². The molecule has 2 aromatic rings. The van der Waals surface area contributed by atoms with Gasteiger partial charge in [-0.15, -0.1) is 0 Å². The minimum absolute atomic E-state index is 0.165. The number of methoxy groups -OCH3 is 1. The number of carbonyl (C=O) groups excluding carboxylic acids is 1. The van der Waals surface area contributed by atoms with Gasteiger partial charge in [-0.1, -0.05) is 36.0 Å². The summed E-state index contributed by atoms with van der Waals surface area (Å²) in [5.41, 5.74) is 0.712. The predicted octanol–water partition coefficient (Wildman–Crippen LogP) is 3.94. The van der Waals surface area contributed by atoms with E-state index in [4.69, 9.17) is 4.74 Å². The van der Waals surface area contributed by atoms with E-state index in [1.54, 1.807) is 18.6 Å². The van der Waals surface area contributed by atoms with Gasteiger partial charge in [0.05, 0.1) is 7.11 Å². The fourth-order valence-corrected chi connectivity index (χ4v) is 2.22. The van der Waals surface area contributed by atoms with E-state index in [2.05, 4.69) is 5.32 Å². The van der Waals surface area contributed by atoms with E-state index in [0.29, 0.717) is 11.4 Å². The number of nitrogens with one attached hydrogen (secondary N) is 1. The lowest BCUT2D eigenvalue weighted by atomic mass is 10.3. The molecule has 0 bridgehead atoms. The highest BCUT2D eigenvalue weighted by atomic mass is 32.2. The number of anilines is 1. The van der Waals surface area contributed by atoms with Gasteiger partial charge in [-0.3, -0.25) is 4.79 Å². The molecule has 0 aliphatic heterocycles. The summed E-state index contributed by atoms with van der Waals surface area (Å²) in [6.45, 7) is 0. The zero-order valence-corrected chi connectivity index (χ0v) is 11.9. The fraction of sp³-hybridized carbons (Fsp3) is 0.0625. The van der Waals surface area contributed by atoms with E-state index in [-0.39, 0.29) is 5.91 Å². The summed E-state index contributed by atoms with van der Waals surface area (Å²) in [7, 11) is 1.59. The third-order valence-electron chi connectivity index (χ3n) is 2.50. The molecule has 0 saturated heterocycles. The van der Waals surface area contributed by atoms with Crippen LogP contribution in [0.3, 0.4) is 0 Å². The molecule has 0 aliphatic carbocycles. The number of thioether (sulfide) groups is 1. The van der Waals surface area contributed by atoms with Gasteiger partial charge in [0.2, 0.25) is 5.91 Å². The van der Waals surface area contributed by atoms with E-state index >= 15 is 0 Å². The highest BCUT2D eigenvalue weighted by molar-refractivity contribution is 8.02. The highest BCUT2D eigenvalue weighted by Crippen LogP contribution is 2.19. The second kappa shape index (κ2) is 7.40. The number of benzene rings is 2. The van der Waals surface area contributed by atoms with Gasteiger partial charge in [-0.25, -0.2) is 0 Å². The van der Waals surface area contributed by atoms with Crippen molar-refractivity contribution in [1.82, 2.24) is 0 Å². The van der Waals surface area contributed by atoms with E-state index in [1.165, 1.54) is 17.8 Å². The van der Waals surface area contributed by atoms with Gasteiger partial charge in [0.15, 0.2) is 0 Å². The number of ether oxygens (including phenoxy) is 1. The Labute approximate surface area is 122 Å². The maximum atomic E-state index is 11.8. The second-order valence-corrected chi connectivity index (χ2v) is 4.93. The van der Waals surface area contributed by atoms with Crippen molar-refractivity contribution in [2.45, 2.75) is 4.90 Å². The first-order valence-corrected chi connectivity index (χ1v) is 6.99. The Morgan fingerprint density at radius 1 is 1.15 bits per heavy atom. The summed E-state index contributed by atoms with van der Waals surface area (Å²) >= 11 is 1.50. The maximum Gasteiger partial charge on any atom is 0.248 e. The number of amides is 1. The normalized spacial score (nSPS) is 10.4. The number of hydrogen-bond acceptors (Lipinski definition) is 3. The lowest BCUT2D eigenvalue weighted by molar-refractivity contribution is -0.111. The first kappa shape index (κ1) is 14.2. The van der Waals surface area contributed by atoms with Crippen LogP contribution in [-0.2, 0) is 4.79 Å². The standard InChI is InChI=1S/C16H15NO2S/c1-19-14-7-5-6-13(12-14)17-16(18)10-11-20-15-8-3-2-4-9-15/h2-12H,1H3,(H,17,18). The lowest BCUT2D eigenvalue weighted by Gasteiger charge is -2.04. The highest BCUT2D eigenvalue weighted by Gasteiger charge is 1.99. The van der Waals surface area contributed by atoms with Gasteiger partial charge >= 0.3 is 0 Å². The van der Waals surface area contributed by atoms with E-state index in [9.17, 15) is 4.79 Å². The summed E-state index contributed by atoms with van der Waals surface area (Å²) in [5.74, 6) is 0.548. The van der Waals surface area contributed by atoms with Gasteiger partial charge in [0, 0.05) is 22.7 Å². The van der Waals surface area contributed by atoms with Crippen molar-refractivity contribution in [2.75, 3.05) is 12.4 Å². The molecular weight excluding hydrogens is 270 g/mol. The molecule has 0 radical (unpaired) electrons. The average Bonchev–Trinajstić information content (AvgIpc) is 2.48. The van der Waals surface area contributed by atoms with Crippen molar-refractivity contribution in [3.63, 3.8) is 0 Å². The van der Waals surface area contributed by atoms with Crippen molar-refractivity contribution >= 4 is 23.4 Å². The molecule has 102 valence electrons. The van der Waals surface area contributed by atoms with Crippen LogP contribution < -0.4 is 10.1 Å². The van der Waals surface area contributed by atoms with Gasteiger partial charge in [-0.05, 0) is 29.7 Å². The molecule has 0 aliphatic rings. The lowest BCUT2D eigenvalue weighted by Crippen LogP contribution is -2.07. The Balaban J connectivity index is 1.88. The smallest absolute Gasteiger partial charge is 0.248 e. The Bertz CT molecular complexity index is 596. The first-order valence-electron chi connectivity index (χ1n) is 6.11. The molecule has 2 aromatic carbocycles. The number of hydrogen-bond donors (Lipinski definition) is 1. The van der Waals surface area contributed by atoms with Crippen molar-refractivity contribution in [3.8, 4) is 5.75 Å². The molecule has 2 rings (SSSR count). The zero-order valence-electron chi connectivity index (χ0n) is 11.1. The van der Waals surface area contributed by atoms with Crippen LogP contribution in [0.4, 0.5) is 5.69 Å². The topological polar surface area (TPSA) is 38.3 Å². The molecule has 0 spiro atoms. The van der Waals surface area contributed by atoms with E-state index in [1.807, 2.05) is 48.5 Å². The Morgan fingerprint density at radius 2 is 1.95 bits per heavy atom. The van der Waals surface area contributed by atoms with Crippen LogP contribution in [0.5, 0.6) is 5.75 Å². The van der Waals surface area contributed by atoms with Crippen molar-refractivity contribution in [1.29, 1.82) is 0 Å². The molecule has 3 nitrogen and oxygen atoms in total. The van der Waals surface area contributed by atoms with Crippen molar-refractivity contribution in [2.24, 2.45) is 0 Å². The van der Waals surface area contributed by atoms with Crippen LogP contribution >= 0.6 is 11.8 Å². The molecule has 0 saturated carbocycles. The summed E-state index contributed by atoms with van der Waals surface area (Å²) < 4.78 is 5.10.